The van der Waals surface area contributed by atoms with Crippen LogP contribution in [0.3, 0.4) is 0 Å². The molecule has 0 aromatic rings. The zero-order valence-electron chi connectivity index (χ0n) is 10.7. The maximum atomic E-state index is 11.1. The SMILES string of the molecule is CC(C)CC1(C)OCC(C2OC(=O)C(O)=C2O)O1. The Kier molecular flexibility index (Phi) is 3.25. The maximum Gasteiger partial charge on any atom is 0.377 e. The number of cyclic esters (lactones) is 1. The number of hydrogen-bond donors (Lipinski definition) is 2. The summed E-state index contributed by atoms with van der Waals surface area (Å²) in [7, 11) is 0. The molecule has 18 heavy (non-hydrogen) atoms. The second-order valence-corrected chi connectivity index (χ2v) is 5.26. The molecule has 3 atom stereocenters. The number of carbonyl (C=O) groups excluding carboxylic acids is 1. The first kappa shape index (κ1) is 13.2. The third-order valence-corrected chi connectivity index (χ3v) is 3.01. The minimum absolute atomic E-state index is 0.207. The van der Waals surface area contributed by atoms with Gasteiger partial charge in [0.15, 0.2) is 17.7 Å². The molecule has 6 nitrogen and oxygen atoms in total. The lowest BCUT2D eigenvalue weighted by atomic mass is 10.0. The van der Waals surface area contributed by atoms with Gasteiger partial charge in [-0.15, -0.1) is 0 Å². The average Bonchev–Trinajstić information content (AvgIpc) is 2.74. The zero-order chi connectivity index (χ0) is 13.5. The molecule has 102 valence electrons. The van der Waals surface area contributed by atoms with E-state index in [0.29, 0.717) is 12.3 Å². The van der Waals surface area contributed by atoms with Crippen molar-refractivity contribution in [1.29, 1.82) is 0 Å². The molecule has 2 aliphatic heterocycles. The van der Waals surface area contributed by atoms with E-state index in [1.807, 2.05) is 20.8 Å². The van der Waals surface area contributed by atoms with Crippen molar-refractivity contribution in [1.82, 2.24) is 0 Å². The summed E-state index contributed by atoms with van der Waals surface area (Å²) in [5.41, 5.74) is 0. The number of aliphatic hydroxyl groups excluding tert-OH is 2. The molecule has 2 heterocycles. The first-order chi connectivity index (χ1) is 8.32. The van der Waals surface area contributed by atoms with Crippen LogP contribution in [0.5, 0.6) is 0 Å². The fraction of sp³-hybridized carbons (Fsp3) is 0.750. The molecule has 0 saturated carbocycles. The summed E-state index contributed by atoms with van der Waals surface area (Å²) >= 11 is 0. The third kappa shape index (κ3) is 2.30. The topological polar surface area (TPSA) is 85.2 Å². The lowest BCUT2D eigenvalue weighted by molar-refractivity contribution is -0.178. The first-order valence-corrected chi connectivity index (χ1v) is 5.97. The van der Waals surface area contributed by atoms with Crippen molar-refractivity contribution >= 4 is 5.97 Å². The smallest absolute Gasteiger partial charge is 0.377 e. The van der Waals surface area contributed by atoms with Gasteiger partial charge in [0.25, 0.3) is 0 Å². The summed E-state index contributed by atoms with van der Waals surface area (Å²) < 4.78 is 16.1. The number of ether oxygens (including phenoxy) is 3. The number of hydrogen-bond acceptors (Lipinski definition) is 6. The van der Waals surface area contributed by atoms with Crippen LogP contribution in [-0.4, -0.2) is 40.8 Å². The molecule has 2 aliphatic rings. The molecule has 0 aromatic heterocycles. The summed E-state index contributed by atoms with van der Waals surface area (Å²) in [6, 6.07) is 0. The summed E-state index contributed by atoms with van der Waals surface area (Å²) in [6.07, 6.45) is -0.880. The number of rotatable bonds is 3. The predicted molar refractivity (Wildman–Crippen MR) is 60.8 cm³/mol. The van der Waals surface area contributed by atoms with Gasteiger partial charge in [0.2, 0.25) is 5.76 Å². The Morgan fingerprint density at radius 3 is 2.61 bits per heavy atom. The Hall–Kier alpha value is -1.27. The van der Waals surface area contributed by atoms with E-state index in [0.717, 1.165) is 0 Å². The average molecular weight is 258 g/mol. The van der Waals surface area contributed by atoms with Crippen molar-refractivity contribution in [3.8, 4) is 0 Å². The molecular weight excluding hydrogens is 240 g/mol. The fourth-order valence-electron chi connectivity index (χ4n) is 2.36. The molecule has 3 unspecified atom stereocenters. The van der Waals surface area contributed by atoms with Crippen LogP contribution < -0.4 is 0 Å². The summed E-state index contributed by atoms with van der Waals surface area (Å²) in [5, 5.41) is 18.8. The number of esters is 1. The molecule has 0 aromatic carbocycles. The van der Waals surface area contributed by atoms with E-state index < -0.39 is 35.5 Å². The third-order valence-electron chi connectivity index (χ3n) is 3.01. The Bertz CT molecular complexity index is 388. The highest BCUT2D eigenvalue weighted by molar-refractivity contribution is 5.89. The van der Waals surface area contributed by atoms with Crippen LogP contribution in [0.25, 0.3) is 0 Å². The van der Waals surface area contributed by atoms with Gasteiger partial charge >= 0.3 is 5.97 Å². The van der Waals surface area contributed by atoms with Gasteiger partial charge in [0.1, 0.15) is 6.10 Å². The van der Waals surface area contributed by atoms with Crippen molar-refractivity contribution < 1.29 is 29.2 Å². The van der Waals surface area contributed by atoms with Crippen LogP contribution in [0.2, 0.25) is 0 Å². The second-order valence-electron chi connectivity index (χ2n) is 5.26. The van der Waals surface area contributed by atoms with E-state index in [2.05, 4.69) is 0 Å². The highest BCUT2D eigenvalue weighted by atomic mass is 16.8. The van der Waals surface area contributed by atoms with Gasteiger partial charge in [-0.25, -0.2) is 4.79 Å². The number of aliphatic hydroxyl groups is 2. The van der Waals surface area contributed by atoms with E-state index in [1.165, 1.54) is 0 Å². The molecule has 2 N–H and O–H groups in total. The van der Waals surface area contributed by atoms with Crippen LogP contribution in [0.4, 0.5) is 0 Å². The molecule has 2 rings (SSSR count). The summed E-state index contributed by atoms with van der Waals surface area (Å²) in [4.78, 5) is 11.1. The molecule has 6 heteroatoms. The molecular formula is C12H18O6. The molecule has 0 amide bonds. The van der Waals surface area contributed by atoms with E-state index in [1.54, 1.807) is 0 Å². The minimum atomic E-state index is -0.980. The van der Waals surface area contributed by atoms with Crippen molar-refractivity contribution in [3.63, 3.8) is 0 Å². The minimum Gasteiger partial charge on any atom is -0.505 e. The molecule has 0 radical (unpaired) electrons. The molecule has 1 fully saturated rings. The zero-order valence-corrected chi connectivity index (χ0v) is 10.7. The first-order valence-electron chi connectivity index (χ1n) is 5.97. The van der Waals surface area contributed by atoms with Gasteiger partial charge in [-0.2, -0.15) is 0 Å². The largest absolute Gasteiger partial charge is 0.505 e. The number of carbonyl (C=O) groups is 1. The van der Waals surface area contributed by atoms with Gasteiger partial charge in [-0.3, -0.25) is 0 Å². The highest BCUT2D eigenvalue weighted by Crippen LogP contribution is 2.34. The molecule has 1 saturated heterocycles. The van der Waals surface area contributed by atoms with Crippen molar-refractivity contribution in [3.05, 3.63) is 11.5 Å². The maximum absolute atomic E-state index is 11.1. The second kappa shape index (κ2) is 4.44. The van der Waals surface area contributed by atoms with E-state index in [9.17, 15) is 15.0 Å². The molecule has 0 bridgehead atoms. The highest BCUT2D eigenvalue weighted by Gasteiger charge is 2.48. The summed E-state index contributed by atoms with van der Waals surface area (Å²) in [5.74, 6) is -2.52. The van der Waals surface area contributed by atoms with Crippen molar-refractivity contribution in [2.45, 2.75) is 45.2 Å². The van der Waals surface area contributed by atoms with Gasteiger partial charge < -0.3 is 24.4 Å². The van der Waals surface area contributed by atoms with Crippen molar-refractivity contribution in [2.24, 2.45) is 5.92 Å². The lowest BCUT2D eigenvalue weighted by Gasteiger charge is -2.26. The van der Waals surface area contributed by atoms with Crippen LogP contribution >= 0.6 is 0 Å². The van der Waals surface area contributed by atoms with Crippen molar-refractivity contribution in [2.75, 3.05) is 6.61 Å². The molecule has 0 spiro atoms. The van der Waals surface area contributed by atoms with Gasteiger partial charge in [0.05, 0.1) is 6.61 Å². The quantitative estimate of drug-likeness (QED) is 0.745. The lowest BCUT2D eigenvalue weighted by Crippen LogP contribution is -2.34. The fourth-order valence-corrected chi connectivity index (χ4v) is 2.36. The van der Waals surface area contributed by atoms with Crippen LogP contribution in [0, 0.1) is 5.92 Å². The van der Waals surface area contributed by atoms with Gasteiger partial charge in [-0.1, -0.05) is 13.8 Å². The van der Waals surface area contributed by atoms with Crippen LogP contribution in [-0.2, 0) is 19.0 Å². The Morgan fingerprint density at radius 1 is 1.44 bits per heavy atom. The monoisotopic (exact) mass is 258 g/mol. The summed E-state index contributed by atoms with van der Waals surface area (Å²) in [6.45, 7) is 6.11. The Morgan fingerprint density at radius 2 is 2.11 bits per heavy atom. The predicted octanol–water partition coefficient (Wildman–Crippen LogP) is 1.42. The van der Waals surface area contributed by atoms with Crippen LogP contribution in [0.15, 0.2) is 11.5 Å². The molecule has 0 aliphatic carbocycles. The van der Waals surface area contributed by atoms with E-state index >= 15 is 0 Å². The standard InChI is InChI=1S/C12H18O6/c1-6(2)4-12(3)16-5-7(18-12)10-8(13)9(14)11(15)17-10/h6-7,10,13-14H,4-5H2,1-3H3. The van der Waals surface area contributed by atoms with Gasteiger partial charge in [-0.05, 0) is 12.8 Å². The van der Waals surface area contributed by atoms with E-state index in [-0.39, 0.29) is 6.61 Å². The van der Waals surface area contributed by atoms with Crippen LogP contribution in [0.1, 0.15) is 27.2 Å². The van der Waals surface area contributed by atoms with Gasteiger partial charge in [0, 0.05) is 6.42 Å². The van der Waals surface area contributed by atoms with E-state index in [4.69, 9.17) is 14.2 Å². The Labute approximate surface area is 105 Å². The normalized spacial score (nSPS) is 36.6. The Balaban J connectivity index is 2.04.